The van der Waals surface area contributed by atoms with E-state index in [1.54, 1.807) is 14.2 Å². The molecule has 5 heteroatoms. The fourth-order valence-corrected chi connectivity index (χ4v) is 4.01. The van der Waals surface area contributed by atoms with Crippen molar-refractivity contribution in [3.05, 3.63) is 51.9 Å². The molecule has 0 aromatic heterocycles. The van der Waals surface area contributed by atoms with Gasteiger partial charge in [-0.05, 0) is 46.2 Å². The highest BCUT2D eigenvalue weighted by Gasteiger charge is 2.30. The van der Waals surface area contributed by atoms with Gasteiger partial charge in [-0.1, -0.05) is 12.2 Å². The van der Waals surface area contributed by atoms with Crippen molar-refractivity contribution in [2.24, 2.45) is 0 Å². The van der Waals surface area contributed by atoms with Crippen LogP contribution in [0.25, 0.3) is 17.8 Å². The second-order valence-electron chi connectivity index (χ2n) is 6.61. The molecule has 0 amide bonds. The van der Waals surface area contributed by atoms with Crippen molar-refractivity contribution < 1.29 is 18.9 Å². The Kier molecular flexibility index (Phi) is 3.19. The number of rotatable bonds is 2. The average Bonchev–Trinajstić information content (AvgIpc) is 3.12. The molecule has 2 aromatic carbocycles. The van der Waals surface area contributed by atoms with Crippen LogP contribution in [-0.4, -0.2) is 33.0 Å². The van der Waals surface area contributed by atoms with E-state index in [4.69, 9.17) is 18.9 Å². The van der Waals surface area contributed by atoms with E-state index in [-0.39, 0.29) is 12.8 Å². The first-order valence-electron chi connectivity index (χ1n) is 8.51. The molecule has 0 N–H and O–H groups in total. The Labute approximate surface area is 151 Å². The molecular formula is C21H19NO4. The monoisotopic (exact) mass is 349 g/mol. The third-order valence-corrected chi connectivity index (χ3v) is 5.23. The van der Waals surface area contributed by atoms with Crippen LogP contribution in [0.4, 0.5) is 0 Å². The second-order valence-corrected chi connectivity index (χ2v) is 6.61. The molecule has 2 heterocycles. The molecule has 2 aliphatic heterocycles. The van der Waals surface area contributed by atoms with Crippen molar-refractivity contribution >= 4 is 17.8 Å². The lowest BCUT2D eigenvalue weighted by atomic mass is 9.85. The van der Waals surface area contributed by atoms with Gasteiger partial charge in [0.1, 0.15) is 0 Å². The molecule has 5 rings (SSSR count). The third-order valence-electron chi connectivity index (χ3n) is 5.23. The van der Waals surface area contributed by atoms with E-state index in [1.807, 2.05) is 6.07 Å². The van der Waals surface area contributed by atoms with Gasteiger partial charge in [0.25, 0.3) is 0 Å². The molecule has 0 saturated carbocycles. The Hall–Kier alpha value is -3.08. The van der Waals surface area contributed by atoms with E-state index in [9.17, 15) is 0 Å². The summed E-state index contributed by atoms with van der Waals surface area (Å²) >= 11 is 0. The smallest absolute Gasteiger partial charge is 0.231 e. The topological polar surface area (TPSA) is 40.2 Å². The van der Waals surface area contributed by atoms with Crippen LogP contribution >= 0.6 is 0 Å². The summed E-state index contributed by atoms with van der Waals surface area (Å²) in [5.74, 6) is 3.09. The standard InChI is InChI=1S/C21H19NO4/c1-22-10-13-7-17(23-2)18(24-3)8-15(13)14-5-4-12-6-19-20(26-11-25-19)9-16(12)21(14)22/h4-10,21H,11H2,1-3H3. The molecule has 26 heavy (non-hydrogen) atoms. The zero-order valence-electron chi connectivity index (χ0n) is 14.9. The number of ether oxygens (including phenoxy) is 4. The molecule has 0 bridgehead atoms. The maximum absolute atomic E-state index is 5.59. The van der Waals surface area contributed by atoms with Crippen molar-refractivity contribution in [3.8, 4) is 23.0 Å². The molecule has 0 spiro atoms. The van der Waals surface area contributed by atoms with Crippen molar-refractivity contribution in [1.82, 2.24) is 4.90 Å². The average molecular weight is 349 g/mol. The highest BCUT2D eigenvalue weighted by molar-refractivity contribution is 5.81. The molecule has 1 unspecified atom stereocenters. The summed E-state index contributed by atoms with van der Waals surface area (Å²) in [6.07, 6.45) is 6.48. The Morgan fingerprint density at radius 3 is 2.46 bits per heavy atom. The van der Waals surface area contributed by atoms with Gasteiger partial charge < -0.3 is 23.8 Å². The summed E-state index contributed by atoms with van der Waals surface area (Å²) < 4.78 is 22.1. The first-order chi connectivity index (χ1) is 12.7. The van der Waals surface area contributed by atoms with Crippen molar-refractivity contribution in [2.75, 3.05) is 28.1 Å². The van der Waals surface area contributed by atoms with E-state index in [0.717, 1.165) is 39.0 Å². The number of benzene rings is 2. The summed E-state index contributed by atoms with van der Waals surface area (Å²) in [5, 5.41) is 2.27. The van der Waals surface area contributed by atoms with Crippen molar-refractivity contribution in [3.63, 3.8) is 0 Å². The van der Waals surface area contributed by atoms with E-state index >= 15 is 0 Å². The van der Waals surface area contributed by atoms with Crippen molar-refractivity contribution in [1.29, 1.82) is 0 Å². The lowest BCUT2D eigenvalue weighted by Gasteiger charge is -2.35. The van der Waals surface area contributed by atoms with Crippen molar-refractivity contribution in [2.45, 2.75) is 6.04 Å². The Morgan fingerprint density at radius 2 is 1.69 bits per heavy atom. The third kappa shape index (κ3) is 2.03. The van der Waals surface area contributed by atoms with Crippen LogP contribution in [0.1, 0.15) is 17.2 Å². The van der Waals surface area contributed by atoms with Crippen LogP contribution in [0.2, 0.25) is 0 Å². The molecule has 1 atom stereocenters. The zero-order chi connectivity index (χ0) is 17.8. The molecular weight excluding hydrogens is 330 g/mol. The molecule has 0 fully saturated rings. The van der Waals surface area contributed by atoms with Gasteiger partial charge in [-0.2, -0.15) is 0 Å². The number of nitrogens with zero attached hydrogens (tertiary/aromatic N) is 1. The van der Waals surface area contributed by atoms with E-state index in [2.05, 4.69) is 48.5 Å². The fraction of sp³-hybridized carbons (Fsp3) is 0.238. The maximum atomic E-state index is 5.59. The largest absolute Gasteiger partial charge is 0.493 e. The van der Waals surface area contributed by atoms with Crippen LogP contribution in [0.5, 0.6) is 23.0 Å². The van der Waals surface area contributed by atoms with Crippen LogP contribution in [0, 0.1) is 0 Å². The van der Waals surface area contributed by atoms with E-state index in [0.29, 0.717) is 0 Å². The van der Waals surface area contributed by atoms with Crippen LogP contribution in [0.15, 0.2) is 30.3 Å². The Bertz CT molecular complexity index is 1070. The number of methoxy groups -OCH3 is 2. The minimum Gasteiger partial charge on any atom is -0.493 e. The normalized spacial score (nSPS) is 18.7. The summed E-state index contributed by atoms with van der Waals surface area (Å²) in [6.45, 7) is 0.283. The van der Waals surface area contributed by atoms with Gasteiger partial charge >= 0.3 is 0 Å². The highest BCUT2D eigenvalue weighted by Crippen LogP contribution is 2.44. The summed E-state index contributed by atoms with van der Waals surface area (Å²) in [4.78, 5) is 2.23. The number of hydrogen-bond donors (Lipinski definition) is 0. The van der Waals surface area contributed by atoms with Crippen LogP contribution in [-0.2, 0) is 0 Å². The minimum absolute atomic E-state index is 0.120. The molecule has 1 aliphatic carbocycles. The van der Waals surface area contributed by atoms with Gasteiger partial charge in [-0.25, -0.2) is 0 Å². The first-order valence-corrected chi connectivity index (χ1v) is 8.51. The Balaban J connectivity index is 1.78. The molecule has 0 saturated heterocycles. The quantitative estimate of drug-likeness (QED) is 0.830. The predicted octanol–water partition coefficient (Wildman–Crippen LogP) is 2.03. The van der Waals surface area contributed by atoms with Gasteiger partial charge in [0.05, 0.1) is 20.3 Å². The van der Waals surface area contributed by atoms with Gasteiger partial charge in [0, 0.05) is 18.5 Å². The zero-order valence-corrected chi connectivity index (χ0v) is 14.9. The van der Waals surface area contributed by atoms with E-state index < -0.39 is 0 Å². The molecule has 2 aromatic rings. The van der Waals surface area contributed by atoms with Gasteiger partial charge in [-0.3, -0.25) is 0 Å². The highest BCUT2D eigenvalue weighted by atomic mass is 16.7. The second kappa shape index (κ2) is 5.46. The maximum Gasteiger partial charge on any atom is 0.231 e. The lowest BCUT2D eigenvalue weighted by molar-refractivity contribution is 0.174. The lowest BCUT2D eigenvalue weighted by Crippen LogP contribution is -2.39. The Morgan fingerprint density at radius 1 is 0.962 bits per heavy atom. The van der Waals surface area contributed by atoms with E-state index in [1.165, 1.54) is 11.1 Å². The minimum atomic E-state index is 0.120. The van der Waals surface area contributed by atoms with Gasteiger partial charge in [0.2, 0.25) is 6.79 Å². The van der Waals surface area contributed by atoms with Gasteiger partial charge in [0.15, 0.2) is 23.0 Å². The molecule has 3 aliphatic rings. The summed E-state index contributed by atoms with van der Waals surface area (Å²) in [7, 11) is 5.42. The number of fused-ring (bicyclic) bond motifs is 5. The molecule has 5 nitrogen and oxygen atoms in total. The first kappa shape index (κ1) is 15.2. The summed E-state index contributed by atoms with van der Waals surface area (Å²) in [5.41, 5.74) is 3.61. The fourth-order valence-electron chi connectivity index (χ4n) is 4.01. The summed E-state index contributed by atoms with van der Waals surface area (Å²) in [6, 6.07) is 8.36. The molecule has 132 valence electrons. The van der Waals surface area contributed by atoms with Gasteiger partial charge in [-0.15, -0.1) is 0 Å². The van der Waals surface area contributed by atoms with Crippen LogP contribution in [0.3, 0.4) is 0 Å². The number of hydrogen-bond acceptors (Lipinski definition) is 5. The van der Waals surface area contributed by atoms with Crippen LogP contribution < -0.4 is 29.4 Å². The predicted molar refractivity (Wildman–Crippen MR) is 98.8 cm³/mol. The SMILES string of the molecule is COc1cc2c(cc1OC)=C1C=Cc3cc4c(cc3C1N(C)C=2)OCO4. The molecule has 0 radical (unpaired) electrons.